The molecule has 5 rings (SSSR count). The number of hydrogen-bond donors (Lipinski definition) is 0. The number of thiazole rings is 1. The van der Waals surface area contributed by atoms with E-state index in [-0.39, 0.29) is 35.3 Å². The van der Waals surface area contributed by atoms with Crippen LogP contribution in [0.1, 0.15) is 78.1 Å². The third kappa shape index (κ3) is 6.99. The van der Waals surface area contributed by atoms with Gasteiger partial charge in [-0.05, 0) is 43.9 Å². The van der Waals surface area contributed by atoms with Crippen molar-refractivity contribution < 1.29 is 17.6 Å². The van der Waals surface area contributed by atoms with Crippen molar-refractivity contribution in [3.05, 3.63) is 75.6 Å². The smallest absolute Gasteiger partial charge is 0.266 e. The maximum Gasteiger partial charge on any atom is 0.266 e. The molecule has 0 bridgehead atoms. The van der Waals surface area contributed by atoms with Crippen LogP contribution in [0.5, 0.6) is 0 Å². The molecule has 0 saturated carbocycles. The number of aryl methyl sites for hydroxylation is 1. The van der Waals surface area contributed by atoms with E-state index in [0.29, 0.717) is 24.4 Å². The van der Waals surface area contributed by atoms with Crippen molar-refractivity contribution in [1.29, 1.82) is 0 Å². The fraction of sp³-hybridized carbons (Fsp3) is 0.414. The van der Waals surface area contributed by atoms with Crippen LogP contribution in [-0.4, -0.2) is 59.2 Å². The minimum Gasteiger partial charge on any atom is -0.419 e. The lowest BCUT2D eigenvalue weighted by molar-refractivity contribution is 0.0735. The van der Waals surface area contributed by atoms with Gasteiger partial charge < -0.3 is 9.32 Å². The van der Waals surface area contributed by atoms with Gasteiger partial charge in [0, 0.05) is 36.1 Å². The average molecular weight is 597 g/mol. The molecule has 10 nitrogen and oxygen atoms in total. The standard InChI is InChI=1S/C27H30N6O4S2.C2H6/c1-17(13-19-9-6-5-7-10-19)24-30-31-25(37-24)21-14-20(15-23(29-21)32(3)39(4,35)36)27(34)33-12-8-11-22(33)26-28-18(2)16-38-26;1-2/h5-7,9-10,14-17,22H,8,11-13H2,1-4H3;1-2H3. The fourth-order valence-corrected chi connectivity index (χ4v) is 6.01. The molecule has 41 heavy (non-hydrogen) atoms. The van der Waals surface area contributed by atoms with Gasteiger partial charge in [0.2, 0.25) is 15.9 Å². The summed E-state index contributed by atoms with van der Waals surface area (Å²) >= 11 is 1.54. The van der Waals surface area contributed by atoms with Gasteiger partial charge in [-0.3, -0.25) is 9.10 Å². The molecule has 218 valence electrons. The number of hydrogen-bond acceptors (Lipinski definition) is 9. The van der Waals surface area contributed by atoms with Gasteiger partial charge in [0.15, 0.2) is 0 Å². The zero-order valence-corrected chi connectivity index (χ0v) is 25.9. The first kappa shape index (κ1) is 30.3. The number of sulfonamides is 1. The zero-order chi connectivity index (χ0) is 29.7. The predicted molar refractivity (Wildman–Crippen MR) is 161 cm³/mol. The fourth-order valence-electron chi connectivity index (χ4n) is 4.63. The van der Waals surface area contributed by atoms with Crippen LogP contribution in [0, 0.1) is 6.92 Å². The molecule has 1 aromatic carbocycles. The number of carbonyl (C=O) groups is 1. The second kappa shape index (κ2) is 12.9. The molecule has 0 N–H and O–H groups in total. The first-order chi connectivity index (χ1) is 19.6. The van der Waals surface area contributed by atoms with Crippen molar-refractivity contribution in [3.63, 3.8) is 0 Å². The summed E-state index contributed by atoms with van der Waals surface area (Å²) in [6.07, 6.45) is 3.47. The molecule has 1 aliphatic heterocycles. The number of carbonyl (C=O) groups excluding carboxylic acids is 1. The second-order valence-electron chi connectivity index (χ2n) is 9.85. The summed E-state index contributed by atoms with van der Waals surface area (Å²) in [7, 11) is -2.24. The molecular weight excluding hydrogens is 560 g/mol. The van der Waals surface area contributed by atoms with Crippen LogP contribution < -0.4 is 4.31 Å². The van der Waals surface area contributed by atoms with E-state index in [1.54, 1.807) is 22.3 Å². The lowest BCUT2D eigenvalue weighted by atomic mass is 10.0. The number of anilines is 1. The molecule has 1 aliphatic rings. The molecule has 4 heterocycles. The number of benzene rings is 1. The molecule has 0 aliphatic carbocycles. The molecule has 3 aromatic heterocycles. The van der Waals surface area contributed by atoms with Crippen molar-refractivity contribution in [2.75, 3.05) is 24.2 Å². The second-order valence-corrected chi connectivity index (χ2v) is 12.8. The summed E-state index contributed by atoms with van der Waals surface area (Å²) in [5.74, 6) is 0.370. The number of rotatable bonds is 8. The van der Waals surface area contributed by atoms with E-state index >= 15 is 0 Å². The van der Waals surface area contributed by atoms with Crippen molar-refractivity contribution in [1.82, 2.24) is 25.1 Å². The highest BCUT2D eigenvalue weighted by Crippen LogP contribution is 2.36. The van der Waals surface area contributed by atoms with Crippen LogP contribution in [0.3, 0.4) is 0 Å². The van der Waals surface area contributed by atoms with Crippen LogP contribution >= 0.6 is 11.3 Å². The van der Waals surface area contributed by atoms with E-state index in [0.717, 1.165) is 39.7 Å². The SMILES string of the molecule is CC.Cc1csc(C2CCCN2C(=O)c2cc(-c3nnc(C(C)Cc4ccccc4)o3)nc(N(C)S(C)(=O)=O)c2)n1. The van der Waals surface area contributed by atoms with Gasteiger partial charge in [0.1, 0.15) is 16.5 Å². The Balaban J connectivity index is 0.00000189. The van der Waals surface area contributed by atoms with Gasteiger partial charge in [-0.25, -0.2) is 18.4 Å². The minimum absolute atomic E-state index is 0.0521. The third-order valence-corrected chi connectivity index (χ3v) is 9.03. The lowest BCUT2D eigenvalue weighted by Crippen LogP contribution is -2.31. The lowest BCUT2D eigenvalue weighted by Gasteiger charge is -2.24. The van der Waals surface area contributed by atoms with E-state index < -0.39 is 10.0 Å². The van der Waals surface area contributed by atoms with Gasteiger partial charge in [-0.2, -0.15) is 0 Å². The van der Waals surface area contributed by atoms with E-state index in [1.165, 1.54) is 13.1 Å². The Hall–Kier alpha value is -3.64. The highest BCUT2D eigenvalue weighted by atomic mass is 32.2. The van der Waals surface area contributed by atoms with Crippen LogP contribution in [0.25, 0.3) is 11.6 Å². The maximum atomic E-state index is 13.8. The van der Waals surface area contributed by atoms with Crippen molar-refractivity contribution in [2.24, 2.45) is 0 Å². The van der Waals surface area contributed by atoms with Crippen LogP contribution in [0.15, 0.2) is 52.3 Å². The van der Waals surface area contributed by atoms with Gasteiger partial charge in [-0.1, -0.05) is 51.1 Å². The maximum absolute atomic E-state index is 13.8. The average Bonchev–Trinajstić information content (AvgIpc) is 3.74. The Kier molecular flexibility index (Phi) is 9.54. The minimum atomic E-state index is -3.64. The molecule has 1 fully saturated rings. The van der Waals surface area contributed by atoms with Crippen molar-refractivity contribution in [2.45, 2.75) is 58.9 Å². The normalized spacial score (nSPS) is 15.8. The van der Waals surface area contributed by atoms with Gasteiger partial charge >= 0.3 is 0 Å². The Morgan fingerprint density at radius 1 is 1.17 bits per heavy atom. The summed E-state index contributed by atoms with van der Waals surface area (Å²) in [5.41, 5.74) is 2.59. The van der Waals surface area contributed by atoms with Gasteiger partial charge in [0.25, 0.3) is 11.8 Å². The summed E-state index contributed by atoms with van der Waals surface area (Å²) in [5, 5.41) is 11.3. The monoisotopic (exact) mass is 596 g/mol. The molecular formula is C29H36N6O4S2. The Morgan fingerprint density at radius 2 is 1.90 bits per heavy atom. The molecule has 2 atom stereocenters. The topological polar surface area (TPSA) is 122 Å². The van der Waals surface area contributed by atoms with Crippen LogP contribution in [-0.2, 0) is 16.4 Å². The summed E-state index contributed by atoms with van der Waals surface area (Å²) in [6.45, 7) is 8.51. The Bertz CT molecular complexity index is 1590. The van der Waals surface area contributed by atoms with E-state index in [4.69, 9.17) is 4.42 Å². The van der Waals surface area contributed by atoms with Crippen LogP contribution in [0.2, 0.25) is 0 Å². The van der Waals surface area contributed by atoms with E-state index in [1.807, 2.05) is 63.4 Å². The van der Waals surface area contributed by atoms with E-state index in [9.17, 15) is 13.2 Å². The summed E-state index contributed by atoms with van der Waals surface area (Å²) in [6, 6.07) is 13.0. The molecule has 0 radical (unpaired) electrons. The van der Waals surface area contributed by atoms with Gasteiger partial charge in [0.05, 0.1) is 12.3 Å². The van der Waals surface area contributed by atoms with E-state index in [2.05, 4.69) is 20.2 Å². The number of nitrogens with zero attached hydrogens (tertiary/aromatic N) is 6. The first-order valence-corrected chi connectivity index (χ1v) is 16.4. The van der Waals surface area contributed by atoms with Crippen molar-refractivity contribution in [3.8, 4) is 11.6 Å². The molecule has 0 spiro atoms. The number of aromatic nitrogens is 4. The predicted octanol–water partition coefficient (Wildman–Crippen LogP) is 5.64. The molecule has 4 aromatic rings. The Labute approximate surface area is 245 Å². The zero-order valence-electron chi connectivity index (χ0n) is 24.2. The number of amides is 1. The number of likely N-dealkylation sites (tertiary alicyclic amines) is 1. The Morgan fingerprint density at radius 3 is 2.56 bits per heavy atom. The van der Waals surface area contributed by atoms with Crippen LogP contribution in [0.4, 0.5) is 5.82 Å². The molecule has 12 heteroatoms. The van der Waals surface area contributed by atoms with Gasteiger partial charge in [-0.15, -0.1) is 21.5 Å². The molecule has 2 unspecified atom stereocenters. The largest absolute Gasteiger partial charge is 0.419 e. The quantitative estimate of drug-likeness (QED) is 0.256. The van der Waals surface area contributed by atoms with Crippen molar-refractivity contribution >= 4 is 33.1 Å². The third-order valence-electron chi connectivity index (χ3n) is 6.78. The molecule has 1 saturated heterocycles. The number of pyridine rings is 1. The molecule has 1 amide bonds. The summed E-state index contributed by atoms with van der Waals surface area (Å²) < 4.78 is 31.7. The summed E-state index contributed by atoms with van der Waals surface area (Å²) in [4.78, 5) is 24.7. The highest BCUT2D eigenvalue weighted by molar-refractivity contribution is 7.92. The first-order valence-electron chi connectivity index (χ1n) is 13.7. The highest BCUT2D eigenvalue weighted by Gasteiger charge is 2.33.